The number of nitrogen functional groups attached to an aromatic ring is 1. The van der Waals surface area contributed by atoms with Gasteiger partial charge in [0.25, 0.3) is 0 Å². The summed E-state index contributed by atoms with van der Waals surface area (Å²) in [6.45, 7) is 3.42. The van der Waals surface area contributed by atoms with E-state index in [0.29, 0.717) is 16.3 Å². The van der Waals surface area contributed by atoms with E-state index in [1.165, 1.54) is 7.11 Å². The predicted octanol–water partition coefficient (Wildman–Crippen LogP) is 2.12. The SMILES string of the molecule is COC(=O)C(C)(C)[C@H](N)c1cc(Cl)ccc1N. The van der Waals surface area contributed by atoms with E-state index in [9.17, 15) is 4.79 Å². The molecule has 0 saturated carbocycles. The topological polar surface area (TPSA) is 78.3 Å². The average Bonchev–Trinajstić information content (AvgIpc) is 2.30. The number of esters is 1. The van der Waals surface area contributed by atoms with Gasteiger partial charge in [-0.05, 0) is 37.6 Å². The predicted molar refractivity (Wildman–Crippen MR) is 68.6 cm³/mol. The number of carbonyl (C=O) groups excluding carboxylic acids is 1. The molecule has 0 aliphatic rings. The van der Waals surface area contributed by atoms with Crippen LogP contribution >= 0.6 is 11.6 Å². The lowest BCUT2D eigenvalue weighted by molar-refractivity contribution is -0.152. The largest absolute Gasteiger partial charge is 0.469 e. The molecule has 0 aliphatic heterocycles. The van der Waals surface area contributed by atoms with Crippen LogP contribution in [0.2, 0.25) is 5.02 Å². The highest BCUT2D eigenvalue weighted by Gasteiger charge is 2.37. The highest BCUT2D eigenvalue weighted by Crippen LogP contribution is 2.36. The number of halogens is 1. The van der Waals surface area contributed by atoms with Crippen LogP contribution in [-0.4, -0.2) is 13.1 Å². The van der Waals surface area contributed by atoms with Crippen LogP contribution in [0.3, 0.4) is 0 Å². The van der Waals surface area contributed by atoms with Crippen molar-refractivity contribution in [2.75, 3.05) is 12.8 Å². The summed E-state index contributed by atoms with van der Waals surface area (Å²) in [5, 5.41) is 0.533. The van der Waals surface area contributed by atoms with Crippen LogP contribution in [0.1, 0.15) is 25.5 Å². The van der Waals surface area contributed by atoms with Gasteiger partial charge in [-0.2, -0.15) is 0 Å². The zero-order chi connectivity index (χ0) is 13.2. The van der Waals surface area contributed by atoms with E-state index in [1.54, 1.807) is 32.0 Å². The number of hydrogen-bond acceptors (Lipinski definition) is 4. The molecule has 4 nitrogen and oxygen atoms in total. The first-order chi connectivity index (χ1) is 7.80. The number of methoxy groups -OCH3 is 1. The van der Waals surface area contributed by atoms with Crippen LogP contribution in [-0.2, 0) is 9.53 Å². The van der Waals surface area contributed by atoms with Gasteiger partial charge < -0.3 is 16.2 Å². The Morgan fingerprint density at radius 2 is 2.06 bits per heavy atom. The average molecular weight is 257 g/mol. The molecule has 5 heteroatoms. The number of nitrogens with two attached hydrogens (primary N) is 2. The van der Waals surface area contributed by atoms with Crippen molar-refractivity contribution in [2.24, 2.45) is 11.1 Å². The number of rotatable bonds is 3. The van der Waals surface area contributed by atoms with E-state index >= 15 is 0 Å². The van der Waals surface area contributed by atoms with E-state index in [1.807, 2.05) is 0 Å². The summed E-state index contributed by atoms with van der Waals surface area (Å²) in [7, 11) is 1.33. The third-order valence-electron chi connectivity index (χ3n) is 2.87. The van der Waals surface area contributed by atoms with E-state index in [0.717, 1.165) is 0 Å². The number of carbonyl (C=O) groups is 1. The van der Waals surface area contributed by atoms with Crippen LogP contribution in [0.15, 0.2) is 18.2 Å². The summed E-state index contributed by atoms with van der Waals surface area (Å²) in [4.78, 5) is 11.7. The third kappa shape index (κ3) is 2.70. The Bertz CT molecular complexity index is 433. The van der Waals surface area contributed by atoms with Gasteiger partial charge in [0.1, 0.15) is 0 Å². The van der Waals surface area contributed by atoms with Crippen LogP contribution in [0.25, 0.3) is 0 Å². The van der Waals surface area contributed by atoms with Gasteiger partial charge in [-0.3, -0.25) is 4.79 Å². The highest BCUT2D eigenvalue weighted by molar-refractivity contribution is 6.30. The molecule has 0 aromatic heterocycles. The molecule has 0 aliphatic carbocycles. The van der Waals surface area contributed by atoms with Gasteiger partial charge in [0.15, 0.2) is 0 Å². The first-order valence-electron chi connectivity index (χ1n) is 5.19. The molecule has 1 atom stereocenters. The van der Waals surface area contributed by atoms with E-state index in [-0.39, 0.29) is 5.97 Å². The second-order valence-electron chi connectivity index (χ2n) is 4.46. The van der Waals surface area contributed by atoms with Gasteiger partial charge in [-0.25, -0.2) is 0 Å². The van der Waals surface area contributed by atoms with Crippen LogP contribution in [0.5, 0.6) is 0 Å². The standard InChI is InChI=1S/C12H17ClN2O2/c1-12(2,11(16)17-3)10(15)8-6-7(13)4-5-9(8)14/h4-6,10H,14-15H2,1-3H3/t10-/m1/s1. The Kier molecular flexibility index (Phi) is 4.01. The Morgan fingerprint density at radius 1 is 1.47 bits per heavy atom. The lowest BCUT2D eigenvalue weighted by atomic mass is 9.80. The molecule has 0 fully saturated rings. The molecule has 0 unspecified atom stereocenters. The minimum atomic E-state index is -0.868. The summed E-state index contributed by atoms with van der Waals surface area (Å²) < 4.78 is 4.73. The second-order valence-corrected chi connectivity index (χ2v) is 4.90. The molecule has 0 radical (unpaired) electrons. The maximum Gasteiger partial charge on any atom is 0.313 e. The quantitative estimate of drug-likeness (QED) is 0.641. The summed E-state index contributed by atoms with van der Waals surface area (Å²) in [5.41, 5.74) is 12.2. The second kappa shape index (κ2) is 4.94. The van der Waals surface area contributed by atoms with Gasteiger partial charge >= 0.3 is 5.97 Å². The molecule has 94 valence electrons. The first-order valence-corrected chi connectivity index (χ1v) is 5.57. The van der Waals surface area contributed by atoms with Crippen molar-refractivity contribution < 1.29 is 9.53 Å². The summed E-state index contributed by atoms with van der Waals surface area (Å²) in [5.74, 6) is -0.385. The highest BCUT2D eigenvalue weighted by atomic mass is 35.5. The zero-order valence-electron chi connectivity index (χ0n) is 10.2. The number of ether oxygens (including phenoxy) is 1. The minimum Gasteiger partial charge on any atom is -0.469 e. The van der Waals surface area contributed by atoms with Crippen LogP contribution in [0, 0.1) is 5.41 Å². The van der Waals surface area contributed by atoms with E-state index in [4.69, 9.17) is 27.8 Å². The van der Waals surface area contributed by atoms with Crippen molar-refractivity contribution in [3.05, 3.63) is 28.8 Å². The van der Waals surface area contributed by atoms with Crippen molar-refractivity contribution in [1.82, 2.24) is 0 Å². The van der Waals surface area contributed by atoms with Gasteiger partial charge in [0.2, 0.25) is 0 Å². The third-order valence-corrected chi connectivity index (χ3v) is 3.11. The van der Waals surface area contributed by atoms with Crippen molar-refractivity contribution >= 4 is 23.3 Å². The fourth-order valence-corrected chi connectivity index (χ4v) is 1.77. The monoisotopic (exact) mass is 256 g/mol. The summed E-state index contributed by atoms with van der Waals surface area (Å²) >= 11 is 5.90. The number of benzene rings is 1. The Morgan fingerprint density at radius 3 is 2.59 bits per heavy atom. The van der Waals surface area contributed by atoms with Crippen LogP contribution in [0.4, 0.5) is 5.69 Å². The lowest BCUT2D eigenvalue weighted by Crippen LogP contribution is -2.37. The molecular weight excluding hydrogens is 240 g/mol. The minimum absolute atomic E-state index is 0.385. The van der Waals surface area contributed by atoms with Gasteiger partial charge in [-0.15, -0.1) is 0 Å². The Hall–Kier alpha value is -1.26. The number of anilines is 1. The molecular formula is C12H17ClN2O2. The maximum atomic E-state index is 11.7. The number of hydrogen-bond donors (Lipinski definition) is 2. The van der Waals surface area contributed by atoms with Crippen molar-refractivity contribution in [3.8, 4) is 0 Å². The molecule has 0 amide bonds. The van der Waals surface area contributed by atoms with Gasteiger partial charge in [0.05, 0.1) is 12.5 Å². The fourth-order valence-electron chi connectivity index (χ4n) is 1.59. The van der Waals surface area contributed by atoms with Gasteiger partial charge in [0, 0.05) is 16.8 Å². The van der Waals surface area contributed by atoms with E-state index < -0.39 is 11.5 Å². The lowest BCUT2D eigenvalue weighted by Gasteiger charge is -2.29. The van der Waals surface area contributed by atoms with Crippen molar-refractivity contribution in [3.63, 3.8) is 0 Å². The molecule has 0 spiro atoms. The summed E-state index contributed by atoms with van der Waals surface area (Å²) in [6.07, 6.45) is 0. The Labute approximate surface area is 106 Å². The van der Waals surface area contributed by atoms with Gasteiger partial charge in [-0.1, -0.05) is 11.6 Å². The van der Waals surface area contributed by atoms with Crippen molar-refractivity contribution in [2.45, 2.75) is 19.9 Å². The van der Waals surface area contributed by atoms with Crippen molar-refractivity contribution in [1.29, 1.82) is 0 Å². The molecule has 0 saturated heterocycles. The smallest absolute Gasteiger partial charge is 0.313 e. The zero-order valence-corrected chi connectivity index (χ0v) is 10.9. The molecule has 1 rings (SSSR count). The molecule has 1 aromatic carbocycles. The molecule has 4 N–H and O–H groups in total. The summed E-state index contributed by atoms with van der Waals surface area (Å²) in [6, 6.07) is 4.45. The van der Waals surface area contributed by atoms with E-state index in [2.05, 4.69) is 0 Å². The molecule has 0 bridgehead atoms. The fraction of sp³-hybridized carbons (Fsp3) is 0.417. The van der Waals surface area contributed by atoms with Crippen LogP contribution < -0.4 is 11.5 Å². The normalized spacial score (nSPS) is 13.2. The molecule has 0 heterocycles. The molecule has 1 aromatic rings. The first kappa shape index (κ1) is 13.8. The molecule has 17 heavy (non-hydrogen) atoms. The Balaban J connectivity index is 3.15. The maximum absolute atomic E-state index is 11.7.